The first-order valence-electron chi connectivity index (χ1n) is 9.07. The maximum absolute atomic E-state index is 12.8. The first-order chi connectivity index (χ1) is 11.5. The molecule has 2 saturated carbocycles. The van der Waals surface area contributed by atoms with E-state index >= 15 is 0 Å². The van der Waals surface area contributed by atoms with Crippen LogP contribution >= 0.6 is 11.6 Å². The summed E-state index contributed by atoms with van der Waals surface area (Å²) in [4.78, 5) is 12.8. The fourth-order valence-electron chi connectivity index (χ4n) is 5.75. The third kappa shape index (κ3) is 2.24. The molecule has 3 aliphatic rings. The van der Waals surface area contributed by atoms with Crippen molar-refractivity contribution in [2.24, 2.45) is 17.3 Å². The number of alkyl halides is 1. The molecule has 3 aliphatic carbocycles. The highest BCUT2D eigenvalue weighted by atomic mass is 35.5. The van der Waals surface area contributed by atoms with Crippen LogP contribution in [-0.4, -0.2) is 29.0 Å². The molecule has 0 spiro atoms. The molecular weight excluding hydrogens is 324 g/mol. The number of carbonyl (C=O) groups is 1. The number of aryl methyl sites for hydroxylation is 1. The maximum Gasteiger partial charge on any atom is 0.156 e. The molecule has 2 fully saturated rings. The highest BCUT2D eigenvalue weighted by molar-refractivity contribution is 6.32. The van der Waals surface area contributed by atoms with E-state index in [2.05, 4.69) is 13.0 Å². The van der Waals surface area contributed by atoms with Gasteiger partial charge in [-0.3, -0.25) is 4.79 Å². The predicted octanol–water partition coefficient (Wildman–Crippen LogP) is 4.05. The monoisotopic (exact) mass is 348 g/mol. The zero-order chi connectivity index (χ0) is 17.1. The zero-order valence-electron chi connectivity index (χ0n) is 14.3. The first kappa shape index (κ1) is 16.4. The second kappa shape index (κ2) is 5.74. The maximum atomic E-state index is 12.8. The van der Waals surface area contributed by atoms with E-state index in [1.54, 1.807) is 6.07 Å². The molecule has 4 rings (SSSR count). The minimum absolute atomic E-state index is 0.0516. The number of ketones is 1. The second-order valence-corrected chi connectivity index (χ2v) is 8.43. The number of rotatable bonds is 2. The van der Waals surface area contributed by atoms with Crippen LogP contribution in [-0.2, 0) is 16.0 Å². The minimum atomic E-state index is -0.345. The number of carbonyl (C=O) groups excluding carboxylic acids is 1. The van der Waals surface area contributed by atoms with E-state index in [1.165, 1.54) is 11.1 Å². The second-order valence-electron chi connectivity index (χ2n) is 7.90. The Morgan fingerprint density at radius 2 is 2.21 bits per heavy atom. The van der Waals surface area contributed by atoms with Crippen LogP contribution in [0.15, 0.2) is 18.2 Å². The Morgan fingerprint density at radius 1 is 1.42 bits per heavy atom. The first-order valence-corrected chi connectivity index (χ1v) is 9.51. The third-order valence-electron chi connectivity index (χ3n) is 6.74. The zero-order valence-corrected chi connectivity index (χ0v) is 15.1. The summed E-state index contributed by atoms with van der Waals surface area (Å²) >= 11 is 6.38. The van der Waals surface area contributed by atoms with Gasteiger partial charge in [0.15, 0.2) is 5.78 Å². The van der Waals surface area contributed by atoms with Crippen molar-refractivity contribution >= 4 is 17.4 Å². The molecule has 1 aromatic rings. The van der Waals surface area contributed by atoms with Gasteiger partial charge >= 0.3 is 0 Å². The van der Waals surface area contributed by atoms with Crippen LogP contribution in [0.1, 0.15) is 50.2 Å². The van der Waals surface area contributed by atoms with Gasteiger partial charge in [0.1, 0.15) is 5.75 Å². The van der Waals surface area contributed by atoms with E-state index in [1.807, 2.05) is 13.0 Å². The fourth-order valence-corrected chi connectivity index (χ4v) is 6.19. The number of aromatic hydroxyl groups is 1. The van der Waals surface area contributed by atoms with Crippen LogP contribution in [0.3, 0.4) is 0 Å². The number of benzene rings is 1. The van der Waals surface area contributed by atoms with Gasteiger partial charge in [0.2, 0.25) is 0 Å². The van der Waals surface area contributed by atoms with Crippen LogP contribution in [0, 0.1) is 17.3 Å². The largest absolute Gasteiger partial charge is 0.508 e. The molecule has 130 valence electrons. The summed E-state index contributed by atoms with van der Waals surface area (Å²) in [6.07, 6.45) is 3.61. The van der Waals surface area contributed by atoms with Crippen LogP contribution < -0.4 is 0 Å². The van der Waals surface area contributed by atoms with Crippen molar-refractivity contribution in [3.63, 3.8) is 0 Å². The average molecular weight is 349 g/mol. The SMILES string of the molecule is CCO[C@H]1C[C@]2(C)C(=O)[C@@H](Cl)C[C@H]2[C@@H]2CCc3cc(O)ccc3[C@H]21. The third-order valence-corrected chi connectivity index (χ3v) is 7.12. The van der Waals surface area contributed by atoms with Gasteiger partial charge in [0, 0.05) is 17.9 Å². The number of Topliss-reactive ketones (excluding diaryl/α,β-unsaturated/α-hetero) is 1. The molecule has 1 N–H and O–H groups in total. The molecular formula is C20H25ClO3. The molecule has 0 aliphatic heterocycles. The predicted molar refractivity (Wildman–Crippen MR) is 93.6 cm³/mol. The average Bonchev–Trinajstić information content (AvgIpc) is 2.78. The molecule has 0 unspecified atom stereocenters. The van der Waals surface area contributed by atoms with Gasteiger partial charge in [-0.2, -0.15) is 0 Å². The van der Waals surface area contributed by atoms with Gasteiger partial charge in [0.25, 0.3) is 0 Å². The number of halogens is 1. The van der Waals surface area contributed by atoms with Gasteiger partial charge in [-0.05, 0) is 67.7 Å². The molecule has 24 heavy (non-hydrogen) atoms. The van der Waals surface area contributed by atoms with Crippen molar-refractivity contribution < 1.29 is 14.6 Å². The topological polar surface area (TPSA) is 46.5 Å². The Morgan fingerprint density at radius 3 is 2.96 bits per heavy atom. The van der Waals surface area contributed by atoms with E-state index in [-0.39, 0.29) is 22.7 Å². The molecule has 4 heteroatoms. The van der Waals surface area contributed by atoms with Crippen molar-refractivity contribution in [2.75, 3.05) is 6.61 Å². The van der Waals surface area contributed by atoms with Crippen molar-refractivity contribution in [1.82, 2.24) is 0 Å². The lowest BCUT2D eigenvalue weighted by atomic mass is 9.54. The minimum Gasteiger partial charge on any atom is -0.508 e. The van der Waals surface area contributed by atoms with Crippen LogP contribution in [0.25, 0.3) is 0 Å². The number of hydrogen-bond acceptors (Lipinski definition) is 3. The standard InChI is InChI=1S/C20H25ClO3/c1-3-24-17-10-20(2)15(9-16(21)19(20)23)14-6-4-11-8-12(22)5-7-13(11)18(14)17/h5,7-8,14-18,22H,3-4,6,9-10H2,1-2H3/t14-,15-,16-,17-,18+,20-/m0/s1. The Balaban J connectivity index is 1.79. The Bertz CT molecular complexity index is 673. The van der Waals surface area contributed by atoms with E-state index in [0.717, 1.165) is 25.7 Å². The number of hydrogen-bond donors (Lipinski definition) is 1. The Labute approximate surface area is 148 Å². The van der Waals surface area contributed by atoms with E-state index in [4.69, 9.17) is 16.3 Å². The molecule has 0 radical (unpaired) electrons. The van der Waals surface area contributed by atoms with Crippen LogP contribution in [0.2, 0.25) is 0 Å². The van der Waals surface area contributed by atoms with Gasteiger partial charge in [0.05, 0.1) is 11.5 Å². The van der Waals surface area contributed by atoms with Crippen molar-refractivity contribution in [1.29, 1.82) is 0 Å². The van der Waals surface area contributed by atoms with E-state index in [0.29, 0.717) is 30.1 Å². The van der Waals surface area contributed by atoms with Gasteiger partial charge in [-0.15, -0.1) is 11.6 Å². The van der Waals surface area contributed by atoms with E-state index in [9.17, 15) is 9.90 Å². The number of phenolic OH excluding ortho intramolecular Hbond substituents is 1. The van der Waals surface area contributed by atoms with Crippen molar-refractivity contribution in [3.8, 4) is 5.75 Å². The van der Waals surface area contributed by atoms with Gasteiger partial charge < -0.3 is 9.84 Å². The lowest BCUT2D eigenvalue weighted by Crippen LogP contribution is -2.50. The fraction of sp³-hybridized carbons (Fsp3) is 0.650. The molecule has 0 saturated heterocycles. The smallest absolute Gasteiger partial charge is 0.156 e. The van der Waals surface area contributed by atoms with E-state index < -0.39 is 0 Å². The van der Waals surface area contributed by atoms with Gasteiger partial charge in [-0.1, -0.05) is 13.0 Å². The molecule has 0 bridgehead atoms. The highest BCUT2D eigenvalue weighted by Crippen LogP contribution is 2.61. The summed E-state index contributed by atoms with van der Waals surface area (Å²) in [5.74, 6) is 1.63. The van der Waals surface area contributed by atoms with Crippen molar-refractivity contribution in [3.05, 3.63) is 29.3 Å². The Hall–Kier alpha value is -1.06. The molecule has 1 aromatic carbocycles. The summed E-state index contributed by atoms with van der Waals surface area (Å²) in [5.41, 5.74) is 2.19. The van der Waals surface area contributed by atoms with Gasteiger partial charge in [-0.25, -0.2) is 0 Å². The molecule has 0 aromatic heterocycles. The van der Waals surface area contributed by atoms with Crippen LogP contribution in [0.5, 0.6) is 5.75 Å². The quantitative estimate of drug-likeness (QED) is 0.820. The Kier molecular flexibility index (Phi) is 3.92. The highest BCUT2D eigenvalue weighted by Gasteiger charge is 2.60. The lowest BCUT2D eigenvalue weighted by molar-refractivity contribution is -0.136. The van der Waals surface area contributed by atoms with Crippen molar-refractivity contribution in [2.45, 2.75) is 56.9 Å². The summed E-state index contributed by atoms with van der Waals surface area (Å²) < 4.78 is 6.14. The summed E-state index contributed by atoms with van der Waals surface area (Å²) in [5, 5.41) is 9.48. The summed E-state index contributed by atoms with van der Waals surface area (Å²) in [7, 11) is 0. The number of phenols is 1. The molecule has 0 heterocycles. The normalized spacial score (nSPS) is 40.8. The number of ether oxygens (including phenoxy) is 1. The number of fused-ring (bicyclic) bond motifs is 5. The summed E-state index contributed by atoms with van der Waals surface area (Å²) in [6.45, 7) is 4.78. The lowest BCUT2D eigenvalue weighted by Gasteiger charge is -2.51. The summed E-state index contributed by atoms with van der Waals surface area (Å²) in [6, 6.07) is 5.74. The molecule has 0 amide bonds. The molecule has 3 nitrogen and oxygen atoms in total. The van der Waals surface area contributed by atoms with Crippen LogP contribution in [0.4, 0.5) is 0 Å². The molecule has 6 atom stereocenters.